The number of hydrogen-bond donors (Lipinski definition) is 1. The lowest BCUT2D eigenvalue weighted by Crippen LogP contribution is -2.21. The highest BCUT2D eigenvalue weighted by atomic mass is 19.1. The Labute approximate surface area is 77.6 Å². The van der Waals surface area contributed by atoms with Crippen LogP contribution in [0.1, 0.15) is 5.56 Å². The molecule has 1 aromatic carbocycles. The van der Waals surface area contributed by atoms with Crippen LogP contribution in [0.4, 0.5) is 4.39 Å². The van der Waals surface area contributed by atoms with Crippen molar-refractivity contribution in [3.8, 4) is 0 Å². The molecule has 1 rings (SSSR count). The third-order valence-electron chi connectivity index (χ3n) is 1.88. The second-order valence-corrected chi connectivity index (χ2v) is 3.05. The summed E-state index contributed by atoms with van der Waals surface area (Å²) in [6.07, 6.45) is 0. The molecule has 0 saturated heterocycles. The lowest BCUT2D eigenvalue weighted by atomic mass is 10.2. The van der Waals surface area contributed by atoms with E-state index in [1.54, 1.807) is 12.1 Å². The quantitative estimate of drug-likeness (QED) is 0.759. The van der Waals surface area contributed by atoms with Crippen molar-refractivity contribution in [3.63, 3.8) is 0 Å². The third-order valence-corrected chi connectivity index (χ3v) is 1.88. The molecule has 0 aliphatic rings. The summed E-state index contributed by atoms with van der Waals surface area (Å²) in [5.74, 6) is -0.188. The smallest absolute Gasteiger partial charge is 0.127 e. The van der Waals surface area contributed by atoms with Crippen molar-refractivity contribution < 1.29 is 9.50 Å². The summed E-state index contributed by atoms with van der Waals surface area (Å²) in [7, 11) is 1.85. The van der Waals surface area contributed by atoms with E-state index >= 15 is 0 Å². The van der Waals surface area contributed by atoms with Crippen molar-refractivity contribution in [1.29, 1.82) is 0 Å². The van der Waals surface area contributed by atoms with E-state index in [1.165, 1.54) is 6.07 Å². The second kappa shape index (κ2) is 4.94. The number of hydrogen-bond acceptors (Lipinski definition) is 2. The summed E-state index contributed by atoms with van der Waals surface area (Å²) >= 11 is 0. The van der Waals surface area contributed by atoms with Crippen molar-refractivity contribution >= 4 is 0 Å². The van der Waals surface area contributed by atoms with E-state index in [-0.39, 0.29) is 12.4 Å². The molecule has 3 heteroatoms. The Kier molecular flexibility index (Phi) is 3.86. The number of rotatable bonds is 4. The number of benzene rings is 1. The van der Waals surface area contributed by atoms with Crippen LogP contribution < -0.4 is 0 Å². The van der Waals surface area contributed by atoms with Crippen LogP contribution in [0.3, 0.4) is 0 Å². The van der Waals surface area contributed by atoms with Crippen LogP contribution in [0, 0.1) is 5.82 Å². The van der Waals surface area contributed by atoms with Crippen molar-refractivity contribution in [2.75, 3.05) is 20.2 Å². The Hall–Kier alpha value is -0.930. The molecule has 1 aromatic rings. The van der Waals surface area contributed by atoms with E-state index < -0.39 is 0 Å². The highest BCUT2D eigenvalue weighted by molar-refractivity contribution is 5.16. The Balaban J connectivity index is 2.58. The minimum absolute atomic E-state index is 0.102. The van der Waals surface area contributed by atoms with Crippen molar-refractivity contribution in [2.24, 2.45) is 0 Å². The molecule has 0 spiro atoms. The van der Waals surface area contributed by atoms with E-state index in [0.717, 1.165) is 0 Å². The fourth-order valence-electron chi connectivity index (χ4n) is 1.17. The van der Waals surface area contributed by atoms with Crippen LogP contribution in [-0.4, -0.2) is 30.2 Å². The maximum absolute atomic E-state index is 13.1. The van der Waals surface area contributed by atoms with Gasteiger partial charge in [-0.1, -0.05) is 18.2 Å². The zero-order valence-electron chi connectivity index (χ0n) is 7.70. The number of aliphatic hydroxyl groups excluding tert-OH is 1. The Bertz CT molecular complexity index is 265. The molecule has 0 radical (unpaired) electrons. The molecule has 13 heavy (non-hydrogen) atoms. The number of aliphatic hydroxyl groups is 1. The zero-order chi connectivity index (χ0) is 9.68. The highest BCUT2D eigenvalue weighted by Gasteiger charge is 2.03. The van der Waals surface area contributed by atoms with Crippen molar-refractivity contribution in [2.45, 2.75) is 6.54 Å². The minimum Gasteiger partial charge on any atom is -0.395 e. The molecule has 0 atom stereocenters. The van der Waals surface area contributed by atoms with Crippen LogP contribution in [-0.2, 0) is 6.54 Å². The van der Waals surface area contributed by atoms with Gasteiger partial charge in [0.05, 0.1) is 6.61 Å². The molecule has 0 unspecified atom stereocenters. The normalized spacial score (nSPS) is 10.8. The Morgan fingerprint density at radius 3 is 2.69 bits per heavy atom. The first-order valence-electron chi connectivity index (χ1n) is 4.27. The molecule has 72 valence electrons. The van der Waals surface area contributed by atoms with Crippen LogP contribution in [0.2, 0.25) is 0 Å². The highest BCUT2D eigenvalue weighted by Crippen LogP contribution is 2.08. The standard InChI is InChI=1S/C10H14FNO/c1-12(6-7-13)8-9-4-2-3-5-10(9)11/h2-5,13H,6-8H2,1H3. The van der Waals surface area contributed by atoms with Crippen molar-refractivity contribution in [3.05, 3.63) is 35.6 Å². The predicted octanol–water partition coefficient (Wildman–Crippen LogP) is 1.25. The second-order valence-electron chi connectivity index (χ2n) is 3.05. The molecule has 0 fully saturated rings. The maximum Gasteiger partial charge on any atom is 0.127 e. The lowest BCUT2D eigenvalue weighted by molar-refractivity contribution is 0.216. The van der Waals surface area contributed by atoms with Gasteiger partial charge < -0.3 is 5.11 Å². The first-order chi connectivity index (χ1) is 6.24. The summed E-state index contributed by atoms with van der Waals surface area (Å²) < 4.78 is 13.1. The van der Waals surface area contributed by atoms with Gasteiger partial charge in [-0.25, -0.2) is 4.39 Å². The fourth-order valence-corrected chi connectivity index (χ4v) is 1.17. The molecular weight excluding hydrogens is 169 g/mol. The van der Waals surface area contributed by atoms with Gasteiger partial charge in [-0.3, -0.25) is 4.90 Å². The van der Waals surface area contributed by atoms with Crippen LogP contribution in [0.15, 0.2) is 24.3 Å². The van der Waals surface area contributed by atoms with Gasteiger partial charge in [-0.05, 0) is 13.1 Å². The van der Waals surface area contributed by atoms with Gasteiger partial charge in [0.15, 0.2) is 0 Å². The zero-order valence-corrected chi connectivity index (χ0v) is 7.70. The van der Waals surface area contributed by atoms with Crippen molar-refractivity contribution in [1.82, 2.24) is 4.90 Å². The fraction of sp³-hybridized carbons (Fsp3) is 0.400. The first-order valence-corrected chi connectivity index (χ1v) is 4.27. The van der Waals surface area contributed by atoms with Crippen LogP contribution >= 0.6 is 0 Å². The monoisotopic (exact) mass is 183 g/mol. The van der Waals surface area contributed by atoms with Gasteiger partial charge >= 0.3 is 0 Å². The predicted molar refractivity (Wildman–Crippen MR) is 49.8 cm³/mol. The van der Waals surface area contributed by atoms with E-state index in [1.807, 2.05) is 18.0 Å². The largest absolute Gasteiger partial charge is 0.395 e. The van der Waals surface area contributed by atoms with Gasteiger partial charge in [0.25, 0.3) is 0 Å². The Morgan fingerprint density at radius 1 is 1.38 bits per heavy atom. The molecule has 0 saturated carbocycles. The Morgan fingerprint density at radius 2 is 2.08 bits per heavy atom. The molecule has 0 bridgehead atoms. The average Bonchev–Trinajstić information content (AvgIpc) is 2.09. The van der Waals surface area contributed by atoms with Gasteiger partial charge in [0, 0.05) is 18.7 Å². The number of halogens is 1. The molecule has 2 nitrogen and oxygen atoms in total. The van der Waals surface area contributed by atoms with E-state index in [9.17, 15) is 4.39 Å². The maximum atomic E-state index is 13.1. The summed E-state index contributed by atoms with van der Waals surface area (Å²) in [6.45, 7) is 1.20. The summed E-state index contributed by atoms with van der Waals surface area (Å²) in [5, 5.41) is 8.65. The number of nitrogens with zero attached hydrogens (tertiary/aromatic N) is 1. The van der Waals surface area contributed by atoms with Gasteiger partial charge in [-0.2, -0.15) is 0 Å². The first kappa shape index (κ1) is 10.2. The summed E-state index contributed by atoms with van der Waals surface area (Å²) in [5.41, 5.74) is 0.665. The minimum atomic E-state index is -0.188. The van der Waals surface area contributed by atoms with Gasteiger partial charge in [0.2, 0.25) is 0 Å². The summed E-state index contributed by atoms with van der Waals surface area (Å²) in [4.78, 5) is 1.87. The molecule has 0 amide bonds. The molecule has 0 aliphatic carbocycles. The lowest BCUT2D eigenvalue weighted by Gasteiger charge is -2.15. The number of likely N-dealkylation sites (N-methyl/N-ethyl adjacent to an activating group) is 1. The summed E-state index contributed by atoms with van der Waals surface area (Å²) in [6, 6.07) is 6.68. The molecule has 0 heterocycles. The molecule has 0 aliphatic heterocycles. The SMILES string of the molecule is CN(CCO)Cc1ccccc1F. The van der Waals surface area contributed by atoms with E-state index in [0.29, 0.717) is 18.7 Å². The van der Waals surface area contributed by atoms with Gasteiger partial charge in [-0.15, -0.1) is 0 Å². The molecule has 0 aromatic heterocycles. The van der Waals surface area contributed by atoms with E-state index in [2.05, 4.69) is 0 Å². The average molecular weight is 183 g/mol. The topological polar surface area (TPSA) is 23.5 Å². The third kappa shape index (κ3) is 3.13. The van der Waals surface area contributed by atoms with Crippen LogP contribution in [0.5, 0.6) is 0 Å². The molecular formula is C10H14FNO. The van der Waals surface area contributed by atoms with Crippen LogP contribution in [0.25, 0.3) is 0 Å². The van der Waals surface area contributed by atoms with Gasteiger partial charge in [0.1, 0.15) is 5.82 Å². The van der Waals surface area contributed by atoms with E-state index in [4.69, 9.17) is 5.11 Å². The molecule has 1 N–H and O–H groups in total.